The Morgan fingerprint density at radius 3 is 3.08 bits per heavy atom. The summed E-state index contributed by atoms with van der Waals surface area (Å²) in [5.41, 5.74) is 6.46. The smallest absolute Gasteiger partial charge is 0.111 e. The molecule has 4 heteroatoms. The predicted octanol–water partition coefficient (Wildman–Crippen LogP) is 1.52. The molecule has 0 unspecified atom stereocenters. The quantitative estimate of drug-likeness (QED) is 0.776. The number of imidazole rings is 1. The lowest BCUT2D eigenvalue weighted by atomic mass is 10.3. The van der Waals surface area contributed by atoms with Gasteiger partial charge in [0.15, 0.2) is 0 Å². The number of nitrogens with one attached hydrogen (secondary N) is 1. The van der Waals surface area contributed by atoms with Gasteiger partial charge in [-0.05, 0) is 11.4 Å². The molecule has 0 aliphatic heterocycles. The van der Waals surface area contributed by atoms with Gasteiger partial charge >= 0.3 is 0 Å². The summed E-state index contributed by atoms with van der Waals surface area (Å²) in [6.45, 7) is 0.525. The second kappa shape index (κ2) is 3.72. The summed E-state index contributed by atoms with van der Waals surface area (Å²) in [6.07, 6.45) is 2.67. The van der Waals surface area contributed by atoms with Gasteiger partial charge in [-0.2, -0.15) is 0 Å². The lowest BCUT2D eigenvalue weighted by molar-refractivity contribution is 0.974. The number of nitrogens with zero attached hydrogens (tertiary/aromatic N) is 1. The molecule has 2 aromatic rings. The first-order chi connectivity index (χ1) is 6.38. The van der Waals surface area contributed by atoms with Gasteiger partial charge in [0.1, 0.15) is 5.82 Å². The minimum Gasteiger partial charge on any atom is -0.345 e. The van der Waals surface area contributed by atoms with Gasteiger partial charge in [-0.25, -0.2) is 4.98 Å². The molecule has 0 saturated carbocycles. The van der Waals surface area contributed by atoms with Crippen molar-refractivity contribution in [1.82, 2.24) is 9.97 Å². The number of rotatable bonds is 3. The first kappa shape index (κ1) is 8.47. The maximum atomic E-state index is 5.47. The molecule has 0 fully saturated rings. The number of nitrogens with two attached hydrogens (primary N) is 1. The molecule has 2 rings (SSSR count). The summed E-state index contributed by atoms with van der Waals surface area (Å²) >= 11 is 1.74. The number of H-pyrrole nitrogens is 1. The van der Waals surface area contributed by atoms with Crippen LogP contribution in [0, 0.1) is 0 Å². The minimum atomic E-state index is 0.525. The van der Waals surface area contributed by atoms with Crippen LogP contribution in [-0.4, -0.2) is 9.97 Å². The largest absolute Gasteiger partial charge is 0.345 e. The summed E-state index contributed by atoms with van der Waals surface area (Å²) in [4.78, 5) is 8.72. The van der Waals surface area contributed by atoms with Gasteiger partial charge in [-0.15, -0.1) is 11.3 Å². The van der Waals surface area contributed by atoms with Gasteiger partial charge in [-0.1, -0.05) is 6.07 Å². The zero-order chi connectivity index (χ0) is 9.10. The van der Waals surface area contributed by atoms with Crippen LogP contribution in [0.1, 0.15) is 16.4 Å². The number of hydrogen-bond donors (Lipinski definition) is 2. The van der Waals surface area contributed by atoms with Crippen LogP contribution in [0.2, 0.25) is 0 Å². The summed E-state index contributed by atoms with van der Waals surface area (Å²) in [5.74, 6) is 0.989. The van der Waals surface area contributed by atoms with E-state index in [0.29, 0.717) is 6.54 Å². The second-order valence-corrected chi connectivity index (χ2v) is 3.85. The van der Waals surface area contributed by atoms with Crippen LogP contribution in [-0.2, 0) is 13.0 Å². The predicted molar refractivity (Wildman–Crippen MR) is 53.6 cm³/mol. The monoisotopic (exact) mass is 193 g/mol. The molecule has 68 valence electrons. The average Bonchev–Trinajstić information content (AvgIpc) is 2.76. The highest BCUT2D eigenvalue weighted by Crippen LogP contribution is 2.12. The van der Waals surface area contributed by atoms with Gasteiger partial charge in [-0.3, -0.25) is 0 Å². The van der Waals surface area contributed by atoms with E-state index in [2.05, 4.69) is 21.4 Å². The van der Waals surface area contributed by atoms with E-state index in [1.54, 1.807) is 17.5 Å². The fraction of sp³-hybridized carbons (Fsp3) is 0.222. The molecule has 13 heavy (non-hydrogen) atoms. The van der Waals surface area contributed by atoms with Crippen molar-refractivity contribution in [2.24, 2.45) is 5.73 Å². The molecule has 0 bridgehead atoms. The van der Waals surface area contributed by atoms with Crippen molar-refractivity contribution in [2.45, 2.75) is 13.0 Å². The van der Waals surface area contributed by atoms with Crippen molar-refractivity contribution in [2.75, 3.05) is 0 Å². The second-order valence-electron chi connectivity index (χ2n) is 2.82. The molecule has 0 aliphatic carbocycles. The Hall–Kier alpha value is -1.13. The highest BCUT2D eigenvalue weighted by atomic mass is 32.1. The normalized spacial score (nSPS) is 10.5. The highest BCUT2D eigenvalue weighted by Gasteiger charge is 2.00. The van der Waals surface area contributed by atoms with E-state index in [1.165, 1.54) is 4.88 Å². The topological polar surface area (TPSA) is 54.7 Å². The van der Waals surface area contributed by atoms with Gasteiger partial charge in [0.2, 0.25) is 0 Å². The fourth-order valence-corrected chi connectivity index (χ4v) is 1.89. The highest BCUT2D eigenvalue weighted by molar-refractivity contribution is 7.09. The molecule has 2 aromatic heterocycles. The molecular formula is C9H11N3S. The third kappa shape index (κ3) is 1.96. The van der Waals surface area contributed by atoms with Crippen LogP contribution >= 0.6 is 11.3 Å². The summed E-state index contributed by atoms with van der Waals surface area (Å²) in [6, 6.07) is 4.15. The van der Waals surface area contributed by atoms with Crippen molar-refractivity contribution >= 4 is 11.3 Å². The van der Waals surface area contributed by atoms with Crippen LogP contribution in [0.5, 0.6) is 0 Å². The van der Waals surface area contributed by atoms with E-state index in [9.17, 15) is 0 Å². The van der Waals surface area contributed by atoms with Crippen molar-refractivity contribution in [3.8, 4) is 0 Å². The van der Waals surface area contributed by atoms with Crippen molar-refractivity contribution in [3.05, 3.63) is 40.1 Å². The molecule has 0 radical (unpaired) electrons. The van der Waals surface area contributed by atoms with E-state index in [-0.39, 0.29) is 0 Å². The standard InChI is InChI=1S/C9H11N3S/c10-5-7-6-11-9(12-7)4-8-2-1-3-13-8/h1-3,6H,4-5,10H2,(H,11,12). The van der Waals surface area contributed by atoms with Crippen LogP contribution in [0.4, 0.5) is 0 Å². The molecule has 2 heterocycles. The molecular weight excluding hydrogens is 182 g/mol. The van der Waals surface area contributed by atoms with E-state index in [4.69, 9.17) is 5.73 Å². The molecule has 3 nitrogen and oxygen atoms in total. The van der Waals surface area contributed by atoms with Crippen molar-refractivity contribution in [1.29, 1.82) is 0 Å². The number of hydrogen-bond acceptors (Lipinski definition) is 3. The summed E-state index contributed by atoms with van der Waals surface area (Å²) in [7, 11) is 0. The molecule has 0 spiro atoms. The number of aromatic nitrogens is 2. The Kier molecular flexibility index (Phi) is 2.42. The Morgan fingerprint density at radius 2 is 2.46 bits per heavy atom. The first-order valence-corrected chi connectivity index (χ1v) is 5.01. The molecule has 0 aliphatic rings. The van der Waals surface area contributed by atoms with E-state index in [0.717, 1.165) is 17.9 Å². The van der Waals surface area contributed by atoms with E-state index in [1.807, 2.05) is 6.07 Å². The summed E-state index contributed by atoms with van der Waals surface area (Å²) in [5, 5.41) is 2.07. The molecule has 0 atom stereocenters. The third-order valence-electron chi connectivity index (χ3n) is 1.82. The molecule has 3 N–H and O–H groups in total. The Bertz CT molecular complexity index is 364. The molecule has 0 aromatic carbocycles. The Labute approximate surface area is 80.6 Å². The van der Waals surface area contributed by atoms with Crippen LogP contribution in [0.15, 0.2) is 23.7 Å². The van der Waals surface area contributed by atoms with Crippen molar-refractivity contribution in [3.63, 3.8) is 0 Å². The SMILES string of the molecule is NCc1cnc(Cc2cccs2)[nH]1. The van der Waals surface area contributed by atoms with Crippen molar-refractivity contribution < 1.29 is 0 Å². The molecule has 0 saturated heterocycles. The van der Waals surface area contributed by atoms with Crippen LogP contribution in [0.25, 0.3) is 0 Å². The molecule has 0 amide bonds. The van der Waals surface area contributed by atoms with E-state index < -0.39 is 0 Å². The zero-order valence-corrected chi connectivity index (χ0v) is 7.97. The van der Waals surface area contributed by atoms with Crippen LogP contribution in [0.3, 0.4) is 0 Å². The van der Waals surface area contributed by atoms with Gasteiger partial charge in [0, 0.05) is 29.7 Å². The van der Waals surface area contributed by atoms with Gasteiger partial charge in [0.25, 0.3) is 0 Å². The number of thiophene rings is 1. The van der Waals surface area contributed by atoms with Gasteiger partial charge in [0.05, 0.1) is 0 Å². The first-order valence-electron chi connectivity index (χ1n) is 4.13. The maximum Gasteiger partial charge on any atom is 0.111 e. The lowest BCUT2D eigenvalue weighted by Crippen LogP contribution is -1.96. The fourth-order valence-electron chi connectivity index (χ4n) is 1.18. The Morgan fingerprint density at radius 1 is 1.54 bits per heavy atom. The van der Waals surface area contributed by atoms with Crippen LogP contribution < -0.4 is 5.73 Å². The summed E-state index contributed by atoms with van der Waals surface area (Å²) < 4.78 is 0. The third-order valence-corrected chi connectivity index (χ3v) is 2.70. The van der Waals surface area contributed by atoms with Gasteiger partial charge < -0.3 is 10.7 Å². The lowest BCUT2D eigenvalue weighted by Gasteiger charge is -1.91. The average molecular weight is 193 g/mol. The Balaban J connectivity index is 2.10. The number of aromatic amines is 1. The zero-order valence-electron chi connectivity index (χ0n) is 7.16. The van der Waals surface area contributed by atoms with E-state index >= 15 is 0 Å². The minimum absolute atomic E-state index is 0.525. The maximum absolute atomic E-state index is 5.47.